The fourth-order valence-corrected chi connectivity index (χ4v) is 5.94. The van der Waals surface area contributed by atoms with Gasteiger partial charge in [-0.1, -0.05) is 42.4 Å². The van der Waals surface area contributed by atoms with Crippen LogP contribution in [-0.4, -0.2) is 52.0 Å². The van der Waals surface area contributed by atoms with E-state index in [1.54, 1.807) is 11.3 Å². The van der Waals surface area contributed by atoms with Gasteiger partial charge in [-0.15, -0.1) is 11.3 Å². The minimum absolute atomic E-state index is 0.0125. The van der Waals surface area contributed by atoms with E-state index in [9.17, 15) is 4.79 Å². The highest BCUT2D eigenvalue weighted by Crippen LogP contribution is 2.23. The van der Waals surface area contributed by atoms with Gasteiger partial charge in [0, 0.05) is 26.2 Å². The van der Waals surface area contributed by atoms with Crippen LogP contribution in [0.15, 0.2) is 46.3 Å². The first kappa shape index (κ1) is 24.2. The van der Waals surface area contributed by atoms with Crippen LogP contribution in [0.4, 0.5) is 0 Å². The Morgan fingerprint density at radius 2 is 1.91 bits per heavy atom. The zero-order valence-corrected chi connectivity index (χ0v) is 21.3. The van der Waals surface area contributed by atoms with Gasteiger partial charge in [0.05, 0.1) is 17.3 Å². The van der Waals surface area contributed by atoms with Crippen LogP contribution in [0, 0.1) is 11.8 Å². The number of likely N-dealkylation sites (tertiary alicyclic amines) is 2. The minimum Gasteiger partial charge on any atom is -0.352 e. The molecule has 1 N–H and O–H groups in total. The first-order chi connectivity index (χ1) is 17.1. The molecule has 2 aromatic heterocycles. The molecule has 186 valence electrons. The van der Waals surface area contributed by atoms with E-state index in [0.29, 0.717) is 24.8 Å². The summed E-state index contributed by atoms with van der Waals surface area (Å²) in [6.07, 6.45) is 4.54. The van der Waals surface area contributed by atoms with Crippen molar-refractivity contribution in [3.05, 3.63) is 58.8 Å². The summed E-state index contributed by atoms with van der Waals surface area (Å²) < 4.78 is 5.46. The molecular weight excluding hydrogens is 458 g/mol. The molecule has 0 saturated carbocycles. The maximum absolute atomic E-state index is 13.0. The first-order valence-electron chi connectivity index (χ1n) is 12.8. The number of carbonyl (C=O) groups is 1. The molecule has 0 radical (unpaired) electrons. The molecule has 1 aromatic carbocycles. The molecule has 2 atom stereocenters. The summed E-state index contributed by atoms with van der Waals surface area (Å²) in [7, 11) is 0. The predicted octanol–water partition coefficient (Wildman–Crippen LogP) is 4.56. The average Bonchev–Trinajstić information content (AvgIpc) is 3.55. The highest BCUT2D eigenvalue weighted by molar-refractivity contribution is 7.13. The number of carbonyl (C=O) groups excluding carboxylic acids is 1. The Labute approximate surface area is 211 Å². The summed E-state index contributed by atoms with van der Waals surface area (Å²) in [5.74, 6) is 2.15. The lowest BCUT2D eigenvalue weighted by Gasteiger charge is -2.31. The molecule has 3 aromatic rings. The molecule has 0 spiro atoms. The van der Waals surface area contributed by atoms with Gasteiger partial charge in [0.25, 0.3) is 0 Å². The highest BCUT2D eigenvalue weighted by atomic mass is 32.1. The maximum Gasteiger partial charge on any atom is 0.241 e. The molecule has 0 aliphatic carbocycles. The third-order valence-electron chi connectivity index (χ3n) is 7.05. The Morgan fingerprint density at radius 1 is 1.09 bits per heavy atom. The standard InChI is InChI=1S/C27H35N5O2S/c1-20-6-3-11-31(16-20)17-22-8-2-7-21(14-22)15-28-27(33)23-9-4-12-32(18-23)19-25-29-26(30-34-25)24-10-5-13-35-24/h2,5,7-8,10,13-14,20,23H,3-4,6,9,11-12,15-19H2,1H3,(H,28,33). The number of benzene rings is 1. The lowest BCUT2D eigenvalue weighted by Crippen LogP contribution is -2.42. The van der Waals surface area contributed by atoms with Crippen molar-refractivity contribution in [2.45, 2.75) is 52.2 Å². The second-order valence-electron chi connectivity index (χ2n) is 10.1. The van der Waals surface area contributed by atoms with E-state index in [1.807, 2.05) is 17.5 Å². The van der Waals surface area contributed by atoms with Crippen LogP contribution in [0.2, 0.25) is 0 Å². The number of thiophene rings is 1. The van der Waals surface area contributed by atoms with Crippen molar-refractivity contribution in [1.82, 2.24) is 25.3 Å². The molecule has 2 aliphatic heterocycles. The van der Waals surface area contributed by atoms with Crippen LogP contribution < -0.4 is 5.32 Å². The molecule has 8 heteroatoms. The monoisotopic (exact) mass is 493 g/mol. The van der Waals surface area contributed by atoms with Gasteiger partial charge in [-0.3, -0.25) is 14.6 Å². The van der Waals surface area contributed by atoms with Gasteiger partial charge in [-0.2, -0.15) is 4.98 Å². The van der Waals surface area contributed by atoms with Crippen LogP contribution in [0.5, 0.6) is 0 Å². The topological polar surface area (TPSA) is 74.5 Å². The fraction of sp³-hybridized carbons (Fsp3) is 0.519. The third kappa shape index (κ3) is 6.57. The Hall–Kier alpha value is -2.55. The summed E-state index contributed by atoms with van der Waals surface area (Å²) in [5, 5.41) is 9.29. The molecule has 5 rings (SSSR count). The zero-order valence-electron chi connectivity index (χ0n) is 20.5. The number of hydrogen-bond acceptors (Lipinski definition) is 7. The fourth-order valence-electron chi connectivity index (χ4n) is 5.29. The van der Waals surface area contributed by atoms with Crippen LogP contribution in [-0.2, 0) is 24.4 Å². The van der Waals surface area contributed by atoms with Gasteiger partial charge in [-0.05, 0) is 67.3 Å². The Morgan fingerprint density at radius 3 is 2.74 bits per heavy atom. The second-order valence-corrected chi connectivity index (χ2v) is 11.0. The number of hydrogen-bond donors (Lipinski definition) is 1. The Bertz CT molecular complexity index is 1100. The van der Waals surface area contributed by atoms with E-state index in [4.69, 9.17) is 4.52 Å². The summed E-state index contributed by atoms with van der Waals surface area (Å²) in [6, 6.07) is 12.6. The van der Waals surface area contributed by atoms with Gasteiger partial charge in [0.15, 0.2) is 0 Å². The molecular formula is C27H35N5O2S. The smallest absolute Gasteiger partial charge is 0.241 e. The largest absolute Gasteiger partial charge is 0.352 e. The summed E-state index contributed by atoms with van der Waals surface area (Å²) in [4.78, 5) is 23.3. The summed E-state index contributed by atoms with van der Waals surface area (Å²) in [6.45, 7) is 8.52. The van der Waals surface area contributed by atoms with E-state index < -0.39 is 0 Å². The van der Waals surface area contributed by atoms with Crippen LogP contribution in [0.1, 0.15) is 49.6 Å². The zero-order chi connectivity index (χ0) is 24.0. The van der Waals surface area contributed by atoms with Gasteiger partial charge in [-0.25, -0.2) is 0 Å². The molecule has 2 aliphatic rings. The maximum atomic E-state index is 13.0. The lowest BCUT2D eigenvalue weighted by atomic mass is 9.97. The van der Waals surface area contributed by atoms with E-state index in [0.717, 1.165) is 43.3 Å². The van der Waals surface area contributed by atoms with Crippen LogP contribution >= 0.6 is 11.3 Å². The number of piperidine rings is 2. The molecule has 7 nitrogen and oxygen atoms in total. The molecule has 1 amide bonds. The molecule has 2 unspecified atom stereocenters. The van der Waals surface area contributed by atoms with Crippen molar-refractivity contribution in [1.29, 1.82) is 0 Å². The number of aromatic nitrogens is 2. The molecule has 2 saturated heterocycles. The predicted molar refractivity (Wildman–Crippen MR) is 138 cm³/mol. The van der Waals surface area contributed by atoms with Crippen LogP contribution in [0.25, 0.3) is 10.7 Å². The second kappa shape index (κ2) is 11.5. The van der Waals surface area contributed by atoms with Gasteiger partial charge >= 0.3 is 0 Å². The quantitative estimate of drug-likeness (QED) is 0.496. The van der Waals surface area contributed by atoms with Crippen LogP contribution in [0.3, 0.4) is 0 Å². The van der Waals surface area contributed by atoms with Gasteiger partial charge in [0.1, 0.15) is 0 Å². The van der Waals surface area contributed by atoms with Crippen molar-refractivity contribution < 1.29 is 9.32 Å². The summed E-state index contributed by atoms with van der Waals surface area (Å²) in [5.41, 5.74) is 2.50. The third-order valence-corrected chi connectivity index (χ3v) is 7.92. The van der Waals surface area contributed by atoms with Gasteiger partial charge < -0.3 is 9.84 Å². The van der Waals surface area contributed by atoms with E-state index in [2.05, 4.69) is 56.4 Å². The van der Waals surface area contributed by atoms with Crippen molar-refractivity contribution in [3.63, 3.8) is 0 Å². The van der Waals surface area contributed by atoms with E-state index in [-0.39, 0.29) is 11.8 Å². The summed E-state index contributed by atoms with van der Waals surface area (Å²) >= 11 is 1.60. The van der Waals surface area contributed by atoms with Crippen molar-refractivity contribution in [2.75, 3.05) is 26.2 Å². The SMILES string of the molecule is CC1CCCN(Cc2cccc(CNC(=O)C3CCCN(Cc4nc(-c5cccs5)no4)C3)c2)C1. The molecule has 2 fully saturated rings. The first-order valence-corrected chi connectivity index (χ1v) is 13.7. The normalized spacial score (nSPS) is 21.7. The Kier molecular flexibility index (Phi) is 7.91. The van der Waals surface area contributed by atoms with Crippen molar-refractivity contribution >= 4 is 17.2 Å². The van der Waals surface area contributed by atoms with Gasteiger partial charge in [0.2, 0.25) is 17.6 Å². The van der Waals surface area contributed by atoms with Crippen molar-refractivity contribution in [2.24, 2.45) is 11.8 Å². The van der Waals surface area contributed by atoms with E-state index >= 15 is 0 Å². The number of nitrogens with one attached hydrogen (secondary N) is 1. The molecule has 35 heavy (non-hydrogen) atoms. The molecule has 0 bridgehead atoms. The number of nitrogens with zero attached hydrogens (tertiary/aromatic N) is 4. The number of amides is 1. The number of rotatable bonds is 8. The molecule has 4 heterocycles. The average molecular weight is 494 g/mol. The van der Waals surface area contributed by atoms with E-state index in [1.165, 1.54) is 37.1 Å². The minimum atomic E-state index is -0.0125. The Balaban J connectivity index is 1.10. The highest BCUT2D eigenvalue weighted by Gasteiger charge is 2.27. The lowest BCUT2D eigenvalue weighted by molar-refractivity contribution is -0.127. The van der Waals surface area contributed by atoms with Crippen molar-refractivity contribution in [3.8, 4) is 10.7 Å².